The molecule has 0 bridgehead atoms. The fourth-order valence-corrected chi connectivity index (χ4v) is 6.62. The van der Waals surface area contributed by atoms with Crippen LogP contribution in [0.3, 0.4) is 0 Å². The maximum Gasteiger partial charge on any atom is 0.270 e. The van der Waals surface area contributed by atoms with E-state index in [2.05, 4.69) is 0 Å². The van der Waals surface area contributed by atoms with E-state index in [1.54, 1.807) is 7.11 Å². The lowest BCUT2D eigenvalue weighted by Gasteiger charge is -2.39. The van der Waals surface area contributed by atoms with Crippen LogP contribution in [0.2, 0.25) is 0 Å². The van der Waals surface area contributed by atoms with Gasteiger partial charge in [-0.15, -0.1) is 0 Å². The number of likely N-dealkylation sites (tertiary alicyclic amines) is 2. The quantitative estimate of drug-likeness (QED) is 0.533. The zero-order valence-corrected chi connectivity index (χ0v) is 21.5. The van der Waals surface area contributed by atoms with Gasteiger partial charge in [-0.05, 0) is 60.6 Å². The van der Waals surface area contributed by atoms with Crippen LogP contribution in [0.15, 0.2) is 48.5 Å². The number of aromatic nitrogens is 1. The topological polar surface area (TPSA) is 71.8 Å². The minimum atomic E-state index is -0.0816. The van der Waals surface area contributed by atoms with Crippen molar-refractivity contribution in [3.63, 3.8) is 0 Å². The van der Waals surface area contributed by atoms with Crippen LogP contribution in [0.4, 0.5) is 0 Å². The number of fused-ring (bicyclic) bond motifs is 2. The predicted molar refractivity (Wildman–Crippen MR) is 141 cm³/mol. The molecule has 37 heavy (non-hydrogen) atoms. The maximum atomic E-state index is 13.3. The SMILES string of the molecule is COc1ccc2c(c1)C(CC(=O)N1CCC3(CCN(C(=O)c4cc5ccccc5n4C)CC3)C1)CC2=O. The van der Waals surface area contributed by atoms with Crippen molar-refractivity contribution in [2.24, 2.45) is 12.5 Å². The third-order valence-electron chi connectivity index (χ3n) is 8.92. The second-order valence-electron chi connectivity index (χ2n) is 11.0. The molecule has 2 fully saturated rings. The fourth-order valence-electron chi connectivity index (χ4n) is 6.62. The molecule has 3 heterocycles. The molecule has 3 aliphatic rings. The standard InChI is InChI=1S/C30H33N3O4/c1-31-25-6-4-3-5-20(25)15-26(31)29(36)32-12-9-30(10-13-32)11-14-33(19-30)28(35)17-21-16-27(34)23-8-7-22(37-2)18-24(21)23/h3-8,15,18,21H,9-14,16-17,19H2,1-2H3. The van der Waals surface area contributed by atoms with Gasteiger partial charge in [-0.25, -0.2) is 0 Å². The first-order valence-corrected chi connectivity index (χ1v) is 13.2. The molecule has 2 aliphatic heterocycles. The van der Waals surface area contributed by atoms with Crippen molar-refractivity contribution in [1.82, 2.24) is 14.4 Å². The van der Waals surface area contributed by atoms with E-state index in [0.29, 0.717) is 25.9 Å². The van der Waals surface area contributed by atoms with Gasteiger partial charge >= 0.3 is 0 Å². The summed E-state index contributed by atoms with van der Waals surface area (Å²) in [7, 11) is 3.57. The van der Waals surface area contributed by atoms with Crippen molar-refractivity contribution in [2.75, 3.05) is 33.3 Å². The van der Waals surface area contributed by atoms with Crippen molar-refractivity contribution in [2.45, 2.75) is 38.0 Å². The van der Waals surface area contributed by atoms with Crippen molar-refractivity contribution in [1.29, 1.82) is 0 Å². The number of amides is 2. The molecular weight excluding hydrogens is 466 g/mol. The van der Waals surface area contributed by atoms with E-state index in [0.717, 1.165) is 65.8 Å². The van der Waals surface area contributed by atoms with Crippen LogP contribution in [0.1, 0.15) is 64.4 Å². The van der Waals surface area contributed by atoms with Crippen LogP contribution in [-0.4, -0.2) is 65.3 Å². The zero-order valence-electron chi connectivity index (χ0n) is 21.5. The Morgan fingerprint density at radius 1 is 1.00 bits per heavy atom. The number of carbonyl (C=O) groups is 3. The number of piperidine rings is 1. The lowest BCUT2D eigenvalue weighted by molar-refractivity contribution is -0.131. The summed E-state index contributed by atoms with van der Waals surface area (Å²) < 4.78 is 7.33. The number of nitrogens with zero attached hydrogens (tertiary/aromatic N) is 3. The van der Waals surface area contributed by atoms with Gasteiger partial charge < -0.3 is 19.1 Å². The Labute approximate surface area is 217 Å². The molecule has 0 radical (unpaired) electrons. The highest BCUT2D eigenvalue weighted by Gasteiger charge is 2.43. The van der Waals surface area contributed by atoms with Crippen LogP contribution >= 0.6 is 0 Å². The largest absolute Gasteiger partial charge is 0.497 e. The normalized spacial score (nSPS) is 20.6. The molecule has 3 aromatic rings. The molecule has 0 N–H and O–H groups in total. The number of hydrogen-bond acceptors (Lipinski definition) is 4. The summed E-state index contributed by atoms with van der Waals surface area (Å²) >= 11 is 0. The third kappa shape index (κ3) is 4.10. The van der Waals surface area contributed by atoms with Crippen molar-refractivity contribution in [3.8, 4) is 5.75 Å². The molecule has 1 unspecified atom stereocenters. The molecule has 192 valence electrons. The van der Waals surface area contributed by atoms with E-state index in [9.17, 15) is 14.4 Å². The number of rotatable bonds is 4. The van der Waals surface area contributed by atoms with Crippen molar-refractivity contribution >= 4 is 28.5 Å². The second kappa shape index (κ2) is 9.05. The summed E-state index contributed by atoms with van der Waals surface area (Å²) in [5.74, 6) is 0.952. The Balaban J connectivity index is 1.08. The third-order valence-corrected chi connectivity index (χ3v) is 8.92. The Hall–Kier alpha value is -3.61. The van der Waals surface area contributed by atoms with E-state index >= 15 is 0 Å². The van der Waals surface area contributed by atoms with Crippen LogP contribution < -0.4 is 4.74 Å². The maximum absolute atomic E-state index is 13.3. The Morgan fingerprint density at radius 2 is 1.73 bits per heavy atom. The Morgan fingerprint density at radius 3 is 2.46 bits per heavy atom. The van der Waals surface area contributed by atoms with Gasteiger partial charge in [-0.3, -0.25) is 14.4 Å². The van der Waals surface area contributed by atoms with Gasteiger partial charge in [0.25, 0.3) is 5.91 Å². The predicted octanol–water partition coefficient (Wildman–Crippen LogP) is 4.40. The number of methoxy groups -OCH3 is 1. The number of ketones is 1. The van der Waals surface area contributed by atoms with E-state index in [1.807, 2.05) is 69.9 Å². The summed E-state index contributed by atoms with van der Waals surface area (Å²) in [6, 6.07) is 15.6. The zero-order chi connectivity index (χ0) is 25.7. The van der Waals surface area contributed by atoms with Gasteiger partial charge in [-0.1, -0.05) is 18.2 Å². The van der Waals surface area contributed by atoms with Crippen molar-refractivity contribution < 1.29 is 19.1 Å². The number of carbonyl (C=O) groups excluding carboxylic acids is 3. The molecule has 7 heteroatoms. The number of hydrogen-bond donors (Lipinski definition) is 0. The lowest BCUT2D eigenvalue weighted by Crippen LogP contribution is -2.45. The van der Waals surface area contributed by atoms with E-state index in [4.69, 9.17) is 4.74 Å². The van der Waals surface area contributed by atoms with E-state index < -0.39 is 0 Å². The highest BCUT2D eigenvalue weighted by atomic mass is 16.5. The first-order valence-electron chi connectivity index (χ1n) is 13.2. The summed E-state index contributed by atoms with van der Waals surface area (Å²) in [6.07, 6.45) is 3.54. The van der Waals surface area contributed by atoms with Crippen LogP contribution in [0, 0.1) is 5.41 Å². The molecule has 1 atom stereocenters. The number of aryl methyl sites for hydroxylation is 1. The average molecular weight is 500 g/mol. The van der Waals surface area contributed by atoms with Gasteiger partial charge in [0.05, 0.1) is 7.11 Å². The smallest absolute Gasteiger partial charge is 0.270 e. The second-order valence-corrected chi connectivity index (χ2v) is 11.0. The highest BCUT2D eigenvalue weighted by Crippen LogP contribution is 2.43. The van der Waals surface area contributed by atoms with Gasteiger partial charge in [-0.2, -0.15) is 0 Å². The molecule has 2 amide bonds. The van der Waals surface area contributed by atoms with Crippen molar-refractivity contribution in [3.05, 3.63) is 65.4 Å². The number of Topliss-reactive ketones (excluding diaryl/α,β-unsaturated/α-hetero) is 1. The first kappa shape index (κ1) is 23.8. The molecule has 1 aromatic heterocycles. The Kier molecular flexibility index (Phi) is 5.81. The van der Waals surface area contributed by atoms with Crippen LogP contribution in [0.25, 0.3) is 10.9 Å². The number of para-hydroxylation sites is 1. The van der Waals surface area contributed by atoms with Gasteiger partial charge in [0.2, 0.25) is 5.91 Å². The highest BCUT2D eigenvalue weighted by molar-refractivity contribution is 6.02. The molecule has 2 saturated heterocycles. The summed E-state index contributed by atoms with van der Waals surface area (Å²) in [6.45, 7) is 2.93. The molecule has 6 rings (SSSR count). The molecule has 0 saturated carbocycles. The van der Waals surface area contributed by atoms with Crippen LogP contribution in [-0.2, 0) is 11.8 Å². The molecule has 2 aromatic carbocycles. The molecule has 1 aliphatic carbocycles. The average Bonchev–Trinajstić information content (AvgIpc) is 3.58. The van der Waals surface area contributed by atoms with E-state index in [1.165, 1.54) is 0 Å². The number of ether oxygens (including phenoxy) is 1. The molecular formula is C30H33N3O4. The summed E-state index contributed by atoms with van der Waals surface area (Å²) in [5.41, 5.74) is 3.53. The summed E-state index contributed by atoms with van der Waals surface area (Å²) in [4.78, 5) is 43.1. The minimum Gasteiger partial charge on any atom is -0.497 e. The number of benzene rings is 2. The van der Waals surface area contributed by atoms with Gasteiger partial charge in [0.15, 0.2) is 5.78 Å². The van der Waals surface area contributed by atoms with Gasteiger partial charge in [0, 0.05) is 68.5 Å². The van der Waals surface area contributed by atoms with Crippen LogP contribution in [0.5, 0.6) is 5.75 Å². The Bertz CT molecular complexity index is 1400. The summed E-state index contributed by atoms with van der Waals surface area (Å²) in [5, 5.41) is 1.08. The molecule has 7 nitrogen and oxygen atoms in total. The first-order chi connectivity index (χ1) is 17.9. The monoisotopic (exact) mass is 499 g/mol. The minimum absolute atomic E-state index is 0.0813. The molecule has 1 spiro atoms. The van der Waals surface area contributed by atoms with Gasteiger partial charge in [0.1, 0.15) is 11.4 Å². The van der Waals surface area contributed by atoms with E-state index in [-0.39, 0.29) is 28.9 Å². The fraction of sp³-hybridized carbons (Fsp3) is 0.433. The lowest BCUT2D eigenvalue weighted by atomic mass is 9.77.